The summed E-state index contributed by atoms with van der Waals surface area (Å²) in [6, 6.07) is 23.9. The average Bonchev–Trinajstić information content (AvgIpc) is 3.06. The van der Waals surface area contributed by atoms with E-state index in [1.807, 2.05) is 72.8 Å². The molecule has 26 heavy (non-hydrogen) atoms. The average molecular weight is 342 g/mol. The number of methoxy groups -OCH3 is 1. The molecule has 1 aliphatic heterocycles. The van der Waals surface area contributed by atoms with Gasteiger partial charge >= 0.3 is 7.32 Å². The molecule has 0 fully saturated rings. The van der Waals surface area contributed by atoms with Crippen molar-refractivity contribution in [3.8, 4) is 23.0 Å². The molecule has 5 heteroatoms. The van der Waals surface area contributed by atoms with Crippen molar-refractivity contribution in [2.75, 3.05) is 7.11 Å². The van der Waals surface area contributed by atoms with Gasteiger partial charge in [-0.15, -0.1) is 0 Å². The summed E-state index contributed by atoms with van der Waals surface area (Å²) in [6.45, 7) is 0. The molecule has 5 rings (SSSR count). The van der Waals surface area contributed by atoms with E-state index in [1.165, 1.54) is 0 Å². The second-order valence-electron chi connectivity index (χ2n) is 6.14. The molecule has 0 N–H and O–H groups in total. The van der Waals surface area contributed by atoms with Gasteiger partial charge in [0.05, 0.1) is 7.11 Å². The summed E-state index contributed by atoms with van der Waals surface area (Å²) in [7, 11) is 0.770. The van der Waals surface area contributed by atoms with E-state index < -0.39 is 7.32 Å². The molecule has 4 aromatic rings. The maximum Gasteiger partial charge on any atom is 0.864 e. The van der Waals surface area contributed by atoms with Gasteiger partial charge in [0.1, 0.15) is 17.2 Å². The fourth-order valence-corrected chi connectivity index (χ4v) is 3.22. The summed E-state index contributed by atoms with van der Waals surface area (Å²) in [5, 5.41) is 4.33. The lowest BCUT2D eigenvalue weighted by Gasteiger charge is -2.12. The third kappa shape index (κ3) is 2.49. The topological polar surface area (TPSA) is 36.9 Å². The fourth-order valence-electron chi connectivity index (χ4n) is 3.22. The third-order valence-electron chi connectivity index (χ3n) is 4.51. The lowest BCUT2D eigenvalue weighted by Crippen LogP contribution is -2.32. The highest BCUT2D eigenvalue weighted by atomic mass is 16.8. The molecule has 0 aromatic heterocycles. The maximum absolute atomic E-state index is 5.95. The van der Waals surface area contributed by atoms with Gasteiger partial charge in [-0.3, -0.25) is 0 Å². The highest BCUT2D eigenvalue weighted by Gasteiger charge is 2.38. The van der Waals surface area contributed by atoms with Crippen molar-refractivity contribution in [1.29, 1.82) is 0 Å². The van der Waals surface area contributed by atoms with Crippen LogP contribution in [0.4, 0.5) is 0 Å². The second kappa shape index (κ2) is 5.88. The van der Waals surface area contributed by atoms with Crippen LogP contribution in [0.3, 0.4) is 0 Å². The molecule has 1 heterocycles. The minimum absolute atomic E-state index is 0.577. The Labute approximate surface area is 151 Å². The van der Waals surface area contributed by atoms with Crippen molar-refractivity contribution in [3.05, 3.63) is 72.8 Å². The number of fused-ring (bicyclic) bond motifs is 3. The van der Waals surface area contributed by atoms with E-state index in [-0.39, 0.29) is 0 Å². The summed E-state index contributed by atoms with van der Waals surface area (Å²) < 4.78 is 23.1. The van der Waals surface area contributed by atoms with Crippen molar-refractivity contribution >= 4 is 28.9 Å². The molecule has 4 aromatic carbocycles. The molecule has 0 amide bonds. The molecule has 0 saturated heterocycles. The molecule has 0 atom stereocenters. The number of hydrogen-bond donors (Lipinski definition) is 0. The van der Waals surface area contributed by atoms with Crippen molar-refractivity contribution in [3.63, 3.8) is 0 Å². The SMILES string of the molecule is COc1cc2ccccc2cc1OB1Oc2cc3ccccc3cc2O1. The Balaban J connectivity index is 1.46. The van der Waals surface area contributed by atoms with Crippen LogP contribution >= 0.6 is 0 Å². The van der Waals surface area contributed by atoms with Crippen molar-refractivity contribution in [2.45, 2.75) is 0 Å². The maximum atomic E-state index is 5.95. The molecular formula is C21H15BO4. The number of hydrogen-bond acceptors (Lipinski definition) is 4. The first-order valence-electron chi connectivity index (χ1n) is 8.40. The molecule has 0 radical (unpaired) electrons. The van der Waals surface area contributed by atoms with Gasteiger partial charge in [-0.25, -0.2) is 0 Å². The van der Waals surface area contributed by atoms with Gasteiger partial charge in [-0.05, 0) is 45.8 Å². The van der Waals surface area contributed by atoms with Gasteiger partial charge in [0.2, 0.25) is 0 Å². The van der Waals surface area contributed by atoms with Crippen LogP contribution in [0.25, 0.3) is 21.5 Å². The van der Waals surface area contributed by atoms with Gasteiger partial charge in [0.25, 0.3) is 0 Å². The Bertz CT molecular complexity index is 1080. The van der Waals surface area contributed by atoms with E-state index in [4.69, 9.17) is 18.7 Å². The normalized spacial score (nSPS) is 12.6. The highest BCUT2D eigenvalue weighted by Crippen LogP contribution is 2.39. The van der Waals surface area contributed by atoms with E-state index in [9.17, 15) is 0 Å². The molecule has 0 unspecified atom stereocenters. The third-order valence-corrected chi connectivity index (χ3v) is 4.51. The molecule has 126 valence electrons. The second-order valence-corrected chi connectivity index (χ2v) is 6.14. The van der Waals surface area contributed by atoms with E-state index in [2.05, 4.69) is 0 Å². The molecule has 0 bridgehead atoms. The summed E-state index contributed by atoms with van der Waals surface area (Å²) in [4.78, 5) is 0. The summed E-state index contributed by atoms with van der Waals surface area (Å²) in [5.41, 5.74) is 0. The van der Waals surface area contributed by atoms with Gasteiger partial charge in [-0.2, -0.15) is 0 Å². The van der Waals surface area contributed by atoms with Gasteiger partial charge < -0.3 is 18.7 Å². The minimum atomic E-state index is -0.850. The van der Waals surface area contributed by atoms with Crippen LogP contribution in [-0.4, -0.2) is 14.4 Å². The Morgan fingerprint density at radius 2 is 1.12 bits per heavy atom. The van der Waals surface area contributed by atoms with E-state index in [1.54, 1.807) is 7.11 Å². The summed E-state index contributed by atoms with van der Waals surface area (Å²) in [5.74, 6) is 2.56. The molecular weight excluding hydrogens is 327 g/mol. The van der Waals surface area contributed by atoms with Gasteiger partial charge in [-0.1, -0.05) is 48.5 Å². The van der Waals surface area contributed by atoms with Crippen molar-refractivity contribution < 1.29 is 18.7 Å². The zero-order valence-electron chi connectivity index (χ0n) is 14.1. The Kier molecular flexibility index (Phi) is 3.38. The Morgan fingerprint density at radius 1 is 0.654 bits per heavy atom. The first-order valence-corrected chi connectivity index (χ1v) is 8.40. The van der Waals surface area contributed by atoms with E-state index in [0.29, 0.717) is 23.0 Å². The first kappa shape index (κ1) is 15.0. The minimum Gasteiger partial charge on any atom is -0.493 e. The first-order chi connectivity index (χ1) is 12.8. The Hall–Kier alpha value is -3.34. The largest absolute Gasteiger partial charge is 0.864 e. The summed E-state index contributed by atoms with van der Waals surface area (Å²) in [6.07, 6.45) is 0. The predicted octanol–water partition coefficient (Wildman–Crippen LogP) is 4.84. The lowest BCUT2D eigenvalue weighted by atomic mass is 10.1. The zero-order valence-corrected chi connectivity index (χ0v) is 14.1. The smallest absolute Gasteiger partial charge is 0.493 e. The van der Waals surface area contributed by atoms with E-state index >= 15 is 0 Å². The predicted molar refractivity (Wildman–Crippen MR) is 102 cm³/mol. The quantitative estimate of drug-likeness (QED) is 0.500. The molecule has 4 nitrogen and oxygen atoms in total. The Morgan fingerprint density at radius 3 is 1.62 bits per heavy atom. The lowest BCUT2D eigenvalue weighted by molar-refractivity contribution is 0.332. The van der Waals surface area contributed by atoms with Crippen molar-refractivity contribution in [1.82, 2.24) is 0 Å². The van der Waals surface area contributed by atoms with Crippen molar-refractivity contribution in [2.24, 2.45) is 0 Å². The zero-order chi connectivity index (χ0) is 17.5. The van der Waals surface area contributed by atoms with Crippen LogP contribution in [0.15, 0.2) is 72.8 Å². The van der Waals surface area contributed by atoms with Crippen LogP contribution in [0.5, 0.6) is 23.0 Å². The van der Waals surface area contributed by atoms with Crippen LogP contribution in [0, 0.1) is 0 Å². The van der Waals surface area contributed by atoms with Gasteiger partial charge in [0, 0.05) is 0 Å². The molecule has 0 aliphatic carbocycles. The molecule has 0 saturated carbocycles. The standard InChI is InChI=1S/C21H15BO4/c1-23-18-10-14-6-2-3-7-15(14)11-19(18)24-22-25-20-12-16-8-4-5-9-17(16)13-21(20)26-22/h2-13H,1H3. The molecule has 1 aliphatic rings. The monoisotopic (exact) mass is 342 g/mol. The van der Waals surface area contributed by atoms with E-state index in [0.717, 1.165) is 21.5 Å². The van der Waals surface area contributed by atoms with Gasteiger partial charge in [0.15, 0.2) is 5.75 Å². The van der Waals surface area contributed by atoms with Crippen LogP contribution in [0.2, 0.25) is 0 Å². The number of benzene rings is 4. The molecule has 0 spiro atoms. The highest BCUT2D eigenvalue weighted by molar-refractivity contribution is 6.41. The van der Waals surface area contributed by atoms with Crippen LogP contribution in [0.1, 0.15) is 0 Å². The summed E-state index contributed by atoms with van der Waals surface area (Å²) >= 11 is 0. The van der Waals surface area contributed by atoms with Crippen LogP contribution in [-0.2, 0) is 0 Å². The van der Waals surface area contributed by atoms with Crippen LogP contribution < -0.4 is 18.7 Å². The fraction of sp³-hybridized carbons (Fsp3) is 0.0476. The number of rotatable bonds is 3. The number of ether oxygens (including phenoxy) is 1.